The molecule has 21 heavy (non-hydrogen) atoms. The molecule has 8 nitrogen and oxygen atoms in total. The van der Waals surface area contributed by atoms with Gasteiger partial charge in [0, 0.05) is 19.7 Å². The molecule has 2 fully saturated rings. The van der Waals surface area contributed by atoms with Crippen LogP contribution in [0.4, 0.5) is 17.8 Å². The predicted molar refractivity (Wildman–Crippen MR) is 81.1 cm³/mol. The van der Waals surface area contributed by atoms with Gasteiger partial charge < -0.3 is 15.0 Å². The number of hydrogen-bond donors (Lipinski definition) is 3. The fraction of sp³-hybridized carbons (Fsp3) is 0.769. The summed E-state index contributed by atoms with van der Waals surface area (Å²) in [6.07, 6.45) is 3.37. The van der Waals surface area contributed by atoms with Crippen molar-refractivity contribution in [2.24, 2.45) is 5.84 Å². The Bertz CT molecular complexity index is 505. The van der Waals surface area contributed by atoms with E-state index in [4.69, 9.17) is 10.6 Å². The smallest absolute Gasteiger partial charge is 0.243 e. The van der Waals surface area contributed by atoms with Gasteiger partial charge in [0.2, 0.25) is 17.8 Å². The molecule has 2 saturated heterocycles. The van der Waals surface area contributed by atoms with E-state index < -0.39 is 0 Å². The van der Waals surface area contributed by atoms with Crippen LogP contribution in [0, 0.1) is 0 Å². The summed E-state index contributed by atoms with van der Waals surface area (Å²) in [4.78, 5) is 15.4. The zero-order valence-corrected chi connectivity index (χ0v) is 12.6. The van der Waals surface area contributed by atoms with Crippen molar-refractivity contribution < 1.29 is 4.74 Å². The van der Waals surface area contributed by atoms with Crippen LogP contribution in [0.5, 0.6) is 0 Å². The van der Waals surface area contributed by atoms with Crippen molar-refractivity contribution in [1.82, 2.24) is 15.0 Å². The average molecular weight is 293 g/mol. The summed E-state index contributed by atoms with van der Waals surface area (Å²) in [6.45, 7) is 6.88. The molecule has 2 aliphatic heterocycles. The molecule has 4 N–H and O–H groups in total. The average Bonchev–Trinajstić information content (AvgIpc) is 3.10. The first-order valence-electron chi connectivity index (χ1n) is 7.48. The zero-order chi connectivity index (χ0) is 14.9. The maximum absolute atomic E-state index is 5.64. The molecule has 116 valence electrons. The van der Waals surface area contributed by atoms with Crippen molar-refractivity contribution in [3.8, 4) is 0 Å². The molecule has 0 spiro atoms. The van der Waals surface area contributed by atoms with Gasteiger partial charge in [0.25, 0.3) is 0 Å². The molecule has 3 rings (SSSR count). The molecule has 8 heteroatoms. The first kappa shape index (κ1) is 14.3. The minimum atomic E-state index is -0.171. The minimum absolute atomic E-state index is 0.110. The Hall–Kier alpha value is -1.67. The molecular formula is C13H23N7O. The molecule has 1 aromatic heterocycles. The van der Waals surface area contributed by atoms with Gasteiger partial charge in [-0.3, -0.25) is 5.43 Å². The van der Waals surface area contributed by atoms with Crippen molar-refractivity contribution in [3.63, 3.8) is 0 Å². The van der Waals surface area contributed by atoms with Crippen molar-refractivity contribution in [1.29, 1.82) is 0 Å². The Kier molecular flexibility index (Phi) is 3.81. The van der Waals surface area contributed by atoms with Crippen LogP contribution < -0.4 is 21.5 Å². The third kappa shape index (κ3) is 2.86. The predicted octanol–water partition coefficient (Wildman–Crippen LogP) is 0.737. The number of nitrogens with zero attached hydrogens (tertiary/aromatic N) is 4. The fourth-order valence-electron chi connectivity index (χ4n) is 2.80. The highest BCUT2D eigenvalue weighted by molar-refractivity contribution is 5.45. The molecule has 0 aromatic carbocycles. The number of nitrogen functional groups attached to an aromatic ring is 1. The largest absolute Gasteiger partial charge is 0.376 e. The summed E-state index contributed by atoms with van der Waals surface area (Å²) in [5.41, 5.74) is 2.35. The van der Waals surface area contributed by atoms with Gasteiger partial charge in [0.05, 0.1) is 11.6 Å². The molecule has 0 bridgehead atoms. The van der Waals surface area contributed by atoms with Gasteiger partial charge in [-0.05, 0) is 33.1 Å². The van der Waals surface area contributed by atoms with Crippen molar-refractivity contribution in [2.45, 2.75) is 44.8 Å². The number of hydrogen-bond acceptors (Lipinski definition) is 8. The Balaban J connectivity index is 1.85. The first-order valence-corrected chi connectivity index (χ1v) is 7.48. The lowest BCUT2D eigenvalue weighted by Crippen LogP contribution is -2.42. The van der Waals surface area contributed by atoms with Crippen LogP contribution in [-0.2, 0) is 4.74 Å². The third-order valence-electron chi connectivity index (χ3n) is 4.43. The second kappa shape index (κ2) is 5.61. The van der Waals surface area contributed by atoms with Gasteiger partial charge in [-0.2, -0.15) is 15.0 Å². The molecule has 2 aliphatic rings. The molecule has 0 aliphatic carbocycles. The second-order valence-corrected chi connectivity index (χ2v) is 5.93. The summed E-state index contributed by atoms with van der Waals surface area (Å²) in [5.74, 6) is 7.08. The number of aromatic nitrogens is 3. The number of rotatable bonds is 4. The molecule has 0 saturated carbocycles. The van der Waals surface area contributed by atoms with Crippen LogP contribution in [-0.4, -0.2) is 46.3 Å². The van der Waals surface area contributed by atoms with Gasteiger partial charge in [-0.1, -0.05) is 0 Å². The lowest BCUT2D eigenvalue weighted by molar-refractivity contribution is 0.105. The SMILES string of the molecule is CC1OCCC1(C)Nc1nc(NN)nc(N2CCCC2)n1. The Labute approximate surface area is 124 Å². The minimum Gasteiger partial charge on any atom is -0.376 e. The van der Waals surface area contributed by atoms with Gasteiger partial charge in [-0.25, -0.2) is 5.84 Å². The lowest BCUT2D eigenvalue weighted by Gasteiger charge is -2.29. The first-order chi connectivity index (χ1) is 10.1. The van der Waals surface area contributed by atoms with Crippen LogP contribution in [0.25, 0.3) is 0 Å². The van der Waals surface area contributed by atoms with E-state index >= 15 is 0 Å². The van der Waals surface area contributed by atoms with Crippen LogP contribution in [0.2, 0.25) is 0 Å². The Morgan fingerprint density at radius 3 is 2.57 bits per heavy atom. The second-order valence-electron chi connectivity index (χ2n) is 5.93. The topological polar surface area (TPSA) is 101 Å². The lowest BCUT2D eigenvalue weighted by atomic mass is 9.95. The monoisotopic (exact) mass is 293 g/mol. The van der Waals surface area contributed by atoms with Crippen LogP contribution in [0.1, 0.15) is 33.1 Å². The summed E-state index contributed by atoms with van der Waals surface area (Å²) in [7, 11) is 0. The maximum Gasteiger partial charge on any atom is 0.243 e. The summed E-state index contributed by atoms with van der Waals surface area (Å²) < 4.78 is 5.64. The normalized spacial score (nSPS) is 28.9. The Morgan fingerprint density at radius 2 is 1.95 bits per heavy atom. The van der Waals surface area contributed by atoms with Crippen LogP contribution in [0.15, 0.2) is 0 Å². The third-order valence-corrected chi connectivity index (χ3v) is 4.43. The van der Waals surface area contributed by atoms with E-state index in [-0.39, 0.29) is 11.6 Å². The highest BCUT2D eigenvalue weighted by Crippen LogP contribution is 2.29. The van der Waals surface area contributed by atoms with E-state index in [2.05, 4.69) is 44.4 Å². The molecule has 0 radical (unpaired) electrons. The van der Waals surface area contributed by atoms with E-state index in [0.29, 0.717) is 17.8 Å². The number of nitrogens with one attached hydrogen (secondary N) is 2. The highest BCUT2D eigenvalue weighted by Gasteiger charge is 2.37. The number of ether oxygens (including phenoxy) is 1. The molecule has 1 aromatic rings. The molecule has 3 heterocycles. The van der Waals surface area contributed by atoms with Gasteiger partial charge >= 0.3 is 0 Å². The van der Waals surface area contributed by atoms with Gasteiger partial charge in [-0.15, -0.1) is 0 Å². The van der Waals surface area contributed by atoms with Crippen LogP contribution in [0.3, 0.4) is 0 Å². The highest BCUT2D eigenvalue weighted by atomic mass is 16.5. The summed E-state index contributed by atoms with van der Waals surface area (Å²) in [5, 5.41) is 3.40. The van der Waals surface area contributed by atoms with Crippen molar-refractivity contribution in [3.05, 3.63) is 0 Å². The van der Waals surface area contributed by atoms with E-state index in [1.807, 2.05) is 0 Å². The molecule has 0 amide bonds. The quantitative estimate of drug-likeness (QED) is 0.552. The van der Waals surface area contributed by atoms with Crippen molar-refractivity contribution >= 4 is 17.8 Å². The molecule has 2 unspecified atom stereocenters. The van der Waals surface area contributed by atoms with E-state index in [1.165, 1.54) is 12.8 Å². The fourth-order valence-corrected chi connectivity index (χ4v) is 2.80. The number of nitrogens with two attached hydrogens (primary N) is 1. The zero-order valence-electron chi connectivity index (χ0n) is 12.6. The standard InChI is InChI=1S/C13H23N7O/c1-9-13(2,5-8-21-9)18-10-15-11(19-14)17-12(16-10)20-6-3-4-7-20/h9H,3-8,14H2,1-2H3,(H2,15,16,17,18,19). The number of anilines is 3. The number of hydrazine groups is 1. The van der Waals surface area contributed by atoms with Crippen LogP contribution >= 0.6 is 0 Å². The van der Waals surface area contributed by atoms with Gasteiger partial charge in [0.1, 0.15) is 0 Å². The summed E-state index contributed by atoms with van der Waals surface area (Å²) in [6, 6.07) is 0. The van der Waals surface area contributed by atoms with E-state index in [1.54, 1.807) is 0 Å². The Morgan fingerprint density at radius 1 is 1.24 bits per heavy atom. The van der Waals surface area contributed by atoms with E-state index in [9.17, 15) is 0 Å². The van der Waals surface area contributed by atoms with E-state index in [0.717, 1.165) is 26.1 Å². The summed E-state index contributed by atoms with van der Waals surface area (Å²) >= 11 is 0. The molecular weight excluding hydrogens is 270 g/mol. The molecule has 2 atom stereocenters. The van der Waals surface area contributed by atoms with Crippen molar-refractivity contribution in [2.75, 3.05) is 35.3 Å². The maximum atomic E-state index is 5.64. The van der Waals surface area contributed by atoms with Gasteiger partial charge in [0.15, 0.2) is 0 Å².